The summed E-state index contributed by atoms with van der Waals surface area (Å²) in [7, 11) is 0. The number of aromatic amines is 1. The minimum Gasteiger partial charge on any atom is -0.352 e. The molecule has 0 bridgehead atoms. The highest BCUT2D eigenvalue weighted by Crippen LogP contribution is 2.29. The second-order valence-corrected chi connectivity index (χ2v) is 3.60. The molecule has 4 heteroatoms. The topological polar surface area (TPSA) is 15.8 Å². The highest BCUT2D eigenvalue weighted by molar-refractivity contribution is 6.07. The third-order valence-corrected chi connectivity index (χ3v) is 2.60. The van der Waals surface area contributed by atoms with Gasteiger partial charge in [-0.2, -0.15) is 0 Å². The van der Waals surface area contributed by atoms with Crippen molar-refractivity contribution in [2.24, 2.45) is 0 Å². The highest BCUT2D eigenvalue weighted by atomic mass is 19.1. The summed E-state index contributed by atoms with van der Waals surface area (Å²) in [6, 6.07) is 6.30. The molecule has 0 aliphatic heterocycles. The summed E-state index contributed by atoms with van der Waals surface area (Å²) >= 11 is 0. The van der Waals surface area contributed by atoms with E-state index >= 15 is 0 Å². The number of aromatic nitrogens is 1. The number of halogens is 3. The molecule has 1 nitrogen and oxygen atoms in total. The Morgan fingerprint density at radius 2 is 1.75 bits per heavy atom. The molecule has 0 saturated carbocycles. The molecule has 0 aliphatic rings. The van der Waals surface area contributed by atoms with E-state index in [0.717, 1.165) is 12.1 Å². The Kier molecular flexibility index (Phi) is 1.74. The number of benzene rings is 2. The van der Waals surface area contributed by atoms with Gasteiger partial charge in [0.25, 0.3) is 0 Å². The van der Waals surface area contributed by atoms with Crippen LogP contribution in [0.2, 0.25) is 0 Å². The SMILES string of the molecule is Fc1cc(F)c2c(c1)[nH]c1c(F)cccc12. The molecular formula is C12H6F3N. The van der Waals surface area contributed by atoms with Crippen LogP contribution >= 0.6 is 0 Å². The first kappa shape index (κ1) is 9.27. The van der Waals surface area contributed by atoms with Crippen LogP contribution in [0.5, 0.6) is 0 Å². The molecule has 0 radical (unpaired) electrons. The number of hydrogen-bond donors (Lipinski definition) is 1. The van der Waals surface area contributed by atoms with Crippen molar-refractivity contribution in [3.63, 3.8) is 0 Å². The van der Waals surface area contributed by atoms with Gasteiger partial charge in [0.2, 0.25) is 0 Å². The van der Waals surface area contributed by atoms with Crippen LogP contribution in [0.15, 0.2) is 30.3 Å². The van der Waals surface area contributed by atoms with Crippen molar-refractivity contribution in [1.82, 2.24) is 4.98 Å². The molecule has 0 unspecified atom stereocenters. The van der Waals surface area contributed by atoms with Crippen molar-refractivity contribution < 1.29 is 13.2 Å². The van der Waals surface area contributed by atoms with Gasteiger partial charge in [0.15, 0.2) is 0 Å². The predicted octanol–water partition coefficient (Wildman–Crippen LogP) is 3.74. The van der Waals surface area contributed by atoms with Crippen LogP contribution in [0.25, 0.3) is 21.8 Å². The number of hydrogen-bond acceptors (Lipinski definition) is 0. The van der Waals surface area contributed by atoms with Crippen molar-refractivity contribution >= 4 is 21.8 Å². The first-order chi connectivity index (χ1) is 7.66. The summed E-state index contributed by atoms with van der Waals surface area (Å²) in [4.78, 5) is 2.67. The standard InChI is InChI=1S/C12H6F3N/c13-6-4-9(15)11-7-2-1-3-8(14)12(7)16-10(11)5-6/h1-5,16H. The Morgan fingerprint density at radius 1 is 0.938 bits per heavy atom. The second kappa shape index (κ2) is 3.01. The molecule has 2 aromatic carbocycles. The fourth-order valence-corrected chi connectivity index (χ4v) is 1.94. The Labute approximate surface area is 88.5 Å². The van der Waals surface area contributed by atoms with Crippen LogP contribution in [0.3, 0.4) is 0 Å². The summed E-state index contributed by atoms with van der Waals surface area (Å²) in [6.45, 7) is 0. The van der Waals surface area contributed by atoms with Crippen LogP contribution in [0, 0.1) is 17.5 Å². The maximum absolute atomic E-state index is 13.6. The second-order valence-electron chi connectivity index (χ2n) is 3.60. The molecule has 1 heterocycles. The highest BCUT2D eigenvalue weighted by Gasteiger charge is 2.12. The molecule has 0 fully saturated rings. The lowest BCUT2D eigenvalue weighted by molar-refractivity contribution is 0.592. The molecule has 0 amide bonds. The fourth-order valence-electron chi connectivity index (χ4n) is 1.94. The molecule has 3 aromatic rings. The van der Waals surface area contributed by atoms with Gasteiger partial charge < -0.3 is 4.98 Å². The molecule has 0 spiro atoms. The van der Waals surface area contributed by atoms with Crippen LogP contribution in [-0.2, 0) is 0 Å². The summed E-state index contributed by atoms with van der Waals surface area (Å²) in [5.41, 5.74) is 0.458. The number of rotatable bonds is 0. The van der Waals surface area contributed by atoms with Crippen LogP contribution in [0.4, 0.5) is 13.2 Å². The largest absolute Gasteiger partial charge is 0.352 e. The predicted molar refractivity (Wildman–Crippen MR) is 55.7 cm³/mol. The summed E-state index contributed by atoms with van der Waals surface area (Å²) < 4.78 is 39.9. The minimum absolute atomic E-state index is 0.196. The summed E-state index contributed by atoms with van der Waals surface area (Å²) in [5, 5.41) is 0.642. The summed E-state index contributed by atoms with van der Waals surface area (Å²) in [5.74, 6) is -1.85. The lowest BCUT2D eigenvalue weighted by Gasteiger charge is -1.94. The van der Waals surface area contributed by atoms with Crippen molar-refractivity contribution in [2.45, 2.75) is 0 Å². The number of H-pyrrole nitrogens is 1. The first-order valence-electron chi connectivity index (χ1n) is 4.72. The average Bonchev–Trinajstić information content (AvgIpc) is 2.57. The Morgan fingerprint density at radius 3 is 2.56 bits per heavy atom. The number of nitrogens with one attached hydrogen (secondary N) is 1. The summed E-state index contributed by atoms with van der Waals surface area (Å²) in [6.07, 6.45) is 0. The van der Waals surface area contributed by atoms with Crippen LogP contribution in [0.1, 0.15) is 0 Å². The lowest BCUT2D eigenvalue weighted by Crippen LogP contribution is -1.80. The maximum Gasteiger partial charge on any atom is 0.147 e. The molecule has 0 saturated heterocycles. The van der Waals surface area contributed by atoms with E-state index < -0.39 is 17.5 Å². The van der Waals surface area contributed by atoms with E-state index in [1.54, 1.807) is 6.07 Å². The van der Waals surface area contributed by atoms with Gasteiger partial charge in [-0.3, -0.25) is 0 Å². The van der Waals surface area contributed by atoms with Crippen molar-refractivity contribution in [3.05, 3.63) is 47.8 Å². The van der Waals surface area contributed by atoms with Gasteiger partial charge in [-0.05, 0) is 12.1 Å². The van der Waals surface area contributed by atoms with Gasteiger partial charge in [-0.25, -0.2) is 13.2 Å². The molecular weight excluding hydrogens is 215 g/mol. The average molecular weight is 221 g/mol. The molecule has 0 aliphatic carbocycles. The van der Waals surface area contributed by atoms with Crippen molar-refractivity contribution in [3.8, 4) is 0 Å². The smallest absolute Gasteiger partial charge is 0.147 e. The minimum atomic E-state index is -0.688. The van der Waals surface area contributed by atoms with E-state index in [-0.39, 0.29) is 16.4 Å². The Balaban J connectivity index is 2.61. The van der Waals surface area contributed by atoms with E-state index in [2.05, 4.69) is 4.98 Å². The van der Waals surface area contributed by atoms with E-state index in [9.17, 15) is 13.2 Å². The van der Waals surface area contributed by atoms with Crippen molar-refractivity contribution in [2.75, 3.05) is 0 Å². The van der Waals surface area contributed by atoms with Crippen LogP contribution < -0.4 is 0 Å². The zero-order chi connectivity index (χ0) is 11.3. The molecule has 80 valence electrons. The van der Waals surface area contributed by atoms with Gasteiger partial charge in [0.1, 0.15) is 17.5 Å². The Hall–Kier alpha value is -1.97. The number of fused-ring (bicyclic) bond motifs is 3. The molecule has 16 heavy (non-hydrogen) atoms. The molecule has 1 N–H and O–H groups in total. The van der Waals surface area contributed by atoms with Crippen molar-refractivity contribution in [1.29, 1.82) is 0 Å². The lowest BCUT2D eigenvalue weighted by atomic mass is 10.1. The van der Waals surface area contributed by atoms with Gasteiger partial charge in [0.05, 0.1) is 11.0 Å². The zero-order valence-electron chi connectivity index (χ0n) is 8.02. The monoisotopic (exact) mass is 221 g/mol. The molecule has 0 atom stereocenters. The first-order valence-corrected chi connectivity index (χ1v) is 4.72. The van der Waals surface area contributed by atoms with E-state index in [1.165, 1.54) is 12.1 Å². The van der Waals surface area contributed by atoms with E-state index in [4.69, 9.17) is 0 Å². The van der Waals surface area contributed by atoms with Gasteiger partial charge >= 0.3 is 0 Å². The molecule has 1 aromatic heterocycles. The Bertz CT molecular complexity index is 700. The normalized spacial score (nSPS) is 11.4. The van der Waals surface area contributed by atoms with Gasteiger partial charge in [0, 0.05) is 16.8 Å². The third kappa shape index (κ3) is 1.13. The number of para-hydroxylation sites is 1. The van der Waals surface area contributed by atoms with E-state index in [1.807, 2.05) is 0 Å². The van der Waals surface area contributed by atoms with Gasteiger partial charge in [-0.15, -0.1) is 0 Å². The van der Waals surface area contributed by atoms with Gasteiger partial charge in [-0.1, -0.05) is 12.1 Å². The zero-order valence-corrected chi connectivity index (χ0v) is 8.02. The van der Waals surface area contributed by atoms with Crippen LogP contribution in [-0.4, -0.2) is 4.98 Å². The van der Waals surface area contributed by atoms with E-state index in [0.29, 0.717) is 5.39 Å². The quantitative estimate of drug-likeness (QED) is 0.595. The fraction of sp³-hybridized carbons (Fsp3) is 0. The third-order valence-electron chi connectivity index (χ3n) is 2.60. The maximum atomic E-state index is 13.6. The molecule has 3 rings (SSSR count).